The van der Waals surface area contributed by atoms with Crippen molar-refractivity contribution < 1.29 is 0 Å². The number of rotatable bonds is 1. The highest BCUT2D eigenvalue weighted by Gasteiger charge is 2.42. The molecule has 84 valence electrons. The van der Waals surface area contributed by atoms with Gasteiger partial charge in [-0.15, -0.1) is 0 Å². The molecule has 0 aromatic heterocycles. The van der Waals surface area contributed by atoms with Crippen LogP contribution < -0.4 is 5.32 Å². The fourth-order valence-corrected chi connectivity index (χ4v) is 2.98. The topological polar surface area (TPSA) is 15.3 Å². The quantitative estimate of drug-likeness (QED) is 0.695. The Morgan fingerprint density at radius 2 is 1.86 bits per heavy atom. The zero-order valence-corrected chi connectivity index (χ0v) is 10.6. The van der Waals surface area contributed by atoms with Gasteiger partial charge in [-0.05, 0) is 61.1 Å². The maximum absolute atomic E-state index is 3.45. The predicted octanol–water partition coefficient (Wildman–Crippen LogP) is 2.25. The highest BCUT2D eigenvalue weighted by molar-refractivity contribution is 5.00. The van der Waals surface area contributed by atoms with Gasteiger partial charge in [0, 0.05) is 17.1 Å². The molecule has 1 unspecified atom stereocenters. The second-order valence-corrected chi connectivity index (χ2v) is 5.96. The SMILES string of the molecule is CNC1CCCN(C(C)(C)C)C1(C)C. The van der Waals surface area contributed by atoms with Gasteiger partial charge in [0.25, 0.3) is 0 Å². The molecule has 2 heteroatoms. The number of nitrogens with one attached hydrogen (secondary N) is 1. The van der Waals surface area contributed by atoms with Crippen LogP contribution in [0, 0.1) is 0 Å². The van der Waals surface area contributed by atoms with Crippen LogP contribution >= 0.6 is 0 Å². The highest BCUT2D eigenvalue weighted by atomic mass is 15.3. The van der Waals surface area contributed by atoms with Crippen LogP contribution in [0.15, 0.2) is 0 Å². The van der Waals surface area contributed by atoms with Crippen LogP contribution in [0.25, 0.3) is 0 Å². The maximum atomic E-state index is 3.45. The third-order valence-electron chi connectivity index (χ3n) is 3.58. The van der Waals surface area contributed by atoms with E-state index in [0.717, 1.165) is 0 Å². The summed E-state index contributed by atoms with van der Waals surface area (Å²) in [6.45, 7) is 12.9. The van der Waals surface area contributed by atoms with E-state index in [1.165, 1.54) is 19.4 Å². The molecule has 0 saturated carbocycles. The van der Waals surface area contributed by atoms with Gasteiger partial charge in [0.2, 0.25) is 0 Å². The first kappa shape index (κ1) is 12.0. The van der Waals surface area contributed by atoms with Crippen molar-refractivity contribution in [1.82, 2.24) is 10.2 Å². The summed E-state index contributed by atoms with van der Waals surface area (Å²) in [5.41, 5.74) is 0.546. The van der Waals surface area contributed by atoms with Gasteiger partial charge in [-0.3, -0.25) is 4.90 Å². The summed E-state index contributed by atoms with van der Waals surface area (Å²) in [5.74, 6) is 0. The van der Waals surface area contributed by atoms with Crippen molar-refractivity contribution in [2.45, 2.75) is 64.6 Å². The molecule has 1 atom stereocenters. The van der Waals surface area contributed by atoms with Crippen LogP contribution in [-0.2, 0) is 0 Å². The standard InChI is InChI=1S/C12H26N2/c1-11(2,3)14-9-7-8-10(13-6)12(14,4)5/h10,13H,7-9H2,1-6H3. The molecule has 0 aromatic carbocycles. The third-order valence-corrected chi connectivity index (χ3v) is 3.58. The smallest absolute Gasteiger partial charge is 0.0311 e. The Morgan fingerprint density at radius 3 is 2.29 bits per heavy atom. The maximum Gasteiger partial charge on any atom is 0.0311 e. The second kappa shape index (κ2) is 3.82. The Hall–Kier alpha value is -0.0800. The number of hydrogen-bond donors (Lipinski definition) is 1. The van der Waals surface area contributed by atoms with Gasteiger partial charge in [-0.2, -0.15) is 0 Å². The van der Waals surface area contributed by atoms with Crippen molar-refractivity contribution in [2.24, 2.45) is 0 Å². The Kier molecular flexibility index (Phi) is 3.27. The first-order valence-electron chi connectivity index (χ1n) is 5.75. The molecule has 1 aliphatic rings. The fourth-order valence-electron chi connectivity index (χ4n) is 2.98. The van der Waals surface area contributed by atoms with Gasteiger partial charge in [-0.1, -0.05) is 0 Å². The van der Waals surface area contributed by atoms with E-state index in [2.05, 4.69) is 51.9 Å². The van der Waals surface area contributed by atoms with Crippen LogP contribution in [0.5, 0.6) is 0 Å². The molecule has 1 aliphatic heterocycles. The summed E-state index contributed by atoms with van der Waals surface area (Å²) >= 11 is 0. The molecule has 14 heavy (non-hydrogen) atoms. The zero-order chi connectivity index (χ0) is 11.0. The first-order chi connectivity index (χ1) is 6.30. The minimum Gasteiger partial charge on any atom is -0.315 e. The molecule has 0 bridgehead atoms. The number of likely N-dealkylation sites (tertiary alicyclic amines) is 1. The Balaban J connectivity index is 2.86. The van der Waals surface area contributed by atoms with Crippen LogP contribution in [0.1, 0.15) is 47.5 Å². The Labute approximate surface area is 89.1 Å². The van der Waals surface area contributed by atoms with Crippen LogP contribution in [0.3, 0.4) is 0 Å². The molecular weight excluding hydrogens is 172 g/mol. The minimum absolute atomic E-state index is 0.269. The van der Waals surface area contributed by atoms with E-state index in [-0.39, 0.29) is 11.1 Å². The average molecular weight is 198 g/mol. The lowest BCUT2D eigenvalue weighted by molar-refractivity contribution is -0.0234. The van der Waals surface area contributed by atoms with Gasteiger partial charge < -0.3 is 5.32 Å². The predicted molar refractivity (Wildman–Crippen MR) is 62.6 cm³/mol. The summed E-state index contributed by atoms with van der Waals surface area (Å²) in [5, 5.41) is 3.45. The lowest BCUT2D eigenvalue weighted by atomic mass is 9.81. The molecule has 2 nitrogen and oxygen atoms in total. The fraction of sp³-hybridized carbons (Fsp3) is 1.00. The monoisotopic (exact) mass is 198 g/mol. The first-order valence-corrected chi connectivity index (χ1v) is 5.75. The van der Waals surface area contributed by atoms with Crippen LogP contribution in [-0.4, -0.2) is 35.6 Å². The molecule has 1 rings (SSSR count). The van der Waals surface area contributed by atoms with Gasteiger partial charge in [0.05, 0.1) is 0 Å². The van der Waals surface area contributed by atoms with Crippen LogP contribution in [0.2, 0.25) is 0 Å². The normalized spacial score (nSPS) is 29.1. The second-order valence-electron chi connectivity index (χ2n) is 5.96. The van der Waals surface area contributed by atoms with E-state index in [1.807, 2.05) is 0 Å². The van der Waals surface area contributed by atoms with Crippen molar-refractivity contribution in [3.8, 4) is 0 Å². The van der Waals surface area contributed by atoms with E-state index in [0.29, 0.717) is 6.04 Å². The van der Waals surface area contributed by atoms with Crippen molar-refractivity contribution in [1.29, 1.82) is 0 Å². The minimum atomic E-state index is 0.269. The molecule has 0 radical (unpaired) electrons. The summed E-state index contributed by atoms with van der Waals surface area (Å²) in [6, 6.07) is 0.621. The van der Waals surface area contributed by atoms with Gasteiger partial charge in [-0.25, -0.2) is 0 Å². The van der Waals surface area contributed by atoms with Gasteiger partial charge >= 0.3 is 0 Å². The summed E-state index contributed by atoms with van der Waals surface area (Å²) in [6.07, 6.45) is 2.61. The van der Waals surface area contributed by atoms with Crippen molar-refractivity contribution in [2.75, 3.05) is 13.6 Å². The molecule has 0 aliphatic carbocycles. The molecule has 1 heterocycles. The molecule has 0 aromatic rings. The van der Waals surface area contributed by atoms with E-state index in [9.17, 15) is 0 Å². The molecule has 1 saturated heterocycles. The largest absolute Gasteiger partial charge is 0.315 e. The summed E-state index contributed by atoms with van der Waals surface area (Å²) < 4.78 is 0. The zero-order valence-electron chi connectivity index (χ0n) is 10.6. The van der Waals surface area contributed by atoms with Crippen molar-refractivity contribution >= 4 is 0 Å². The van der Waals surface area contributed by atoms with Crippen molar-refractivity contribution in [3.05, 3.63) is 0 Å². The molecular formula is C12H26N2. The third kappa shape index (κ3) is 2.12. The van der Waals surface area contributed by atoms with E-state index in [1.54, 1.807) is 0 Å². The highest BCUT2D eigenvalue weighted by Crippen LogP contribution is 2.33. The Morgan fingerprint density at radius 1 is 1.29 bits per heavy atom. The molecule has 0 spiro atoms. The van der Waals surface area contributed by atoms with E-state index >= 15 is 0 Å². The van der Waals surface area contributed by atoms with Crippen molar-refractivity contribution in [3.63, 3.8) is 0 Å². The Bertz CT molecular complexity index is 191. The van der Waals surface area contributed by atoms with E-state index < -0.39 is 0 Å². The number of hydrogen-bond acceptors (Lipinski definition) is 2. The van der Waals surface area contributed by atoms with E-state index in [4.69, 9.17) is 0 Å². The van der Waals surface area contributed by atoms with Crippen LogP contribution in [0.4, 0.5) is 0 Å². The lowest BCUT2D eigenvalue weighted by Crippen LogP contribution is -2.65. The summed E-state index contributed by atoms with van der Waals surface area (Å²) in [4.78, 5) is 2.63. The number of piperidine rings is 1. The molecule has 0 amide bonds. The summed E-state index contributed by atoms with van der Waals surface area (Å²) in [7, 11) is 2.08. The molecule has 1 N–H and O–H groups in total. The van der Waals surface area contributed by atoms with Gasteiger partial charge in [0.15, 0.2) is 0 Å². The number of nitrogens with zero attached hydrogens (tertiary/aromatic N) is 1. The molecule has 1 fully saturated rings. The van der Waals surface area contributed by atoms with Gasteiger partial charge in [0.1, 0.15) is 0 Å². The number of likely N-dealkylation sites (N-methyl/N-ethyl adjacent to an activating group) is 1. The lowest BCUT2D eigenvalue weighted by Gasteiger charge is -2.54. The average Bonchev–Trinajstić information content (AvgIpc) is 2.00.